The third-order valence-corrected chi connectivity index (χ3v) is 4.46. The molecule has 1 aliphatic rings. The molecule has 0 aromatic heterocycles. The van der Waals surface area contributed by atoms with Gasteiger partial charge in [0.1, 0.15) is 0 Å². The van der Waals surface area contributed by atoms with Gasteiger partial charge >= 0.3 is 0 Å². The topological polar surface area (TPSA) is 52.7 Å². The summed E-state index contributed by atoms with van der Waals surface area (Å²) in [7, 11) is 2.09. The van der Waals surface area contributed by atoms with Gasteiger partial charge in [0.05, 0.1) is 5.92 Å². The van der Waals surface area contributed by atoms with E-state index in [2.05, 4.69) is 29.4 Å². The molecule has 1 aliphatic heterocycles. The Labute approximate surface area is 145 Å². The summed E-state index contributed by atoms with van der Waals surface area (Å²) in [5.41, 5.74) is 1.29. The highest BCUT2D eigenvalue weighted by atomic mass is 16.2. The van der Waals surface area contributed by atoms with E-state index in [1.54, 1.807) is 4.90 Å². The third kappa shape index (κ3) is 5.34. The molecule has 0 bridgehead atoms. The van der Waals surface area contributed by atoms with Crippen LogP contribution in [0.4, 0.5) is 0 Å². The van der Waals surface area contributed by atoms with E-state index in [0.29, 0.717) is 19.5 Å². The van der Waals surface area contributed by atoms with E-state index >= 15 is 0 Å². The summed E-state index contributed by atoms with van der Waals surface area (Å²) in [5.74, 6) is -0.0908. The van der Waals surface area contributed by atoms with Crippen molar-refractivity contribution >= 4 is 11.8 Å². The SMILES string of the molecule is CC(C)N1CC(C(=O)NCCCN(C)Cc2ccccc2)CC1=O. The zero-order valence-corrected chi connectivity index (χ0v) is 15.0. The molecule has 2 amide bonds. The molecule has 5 heteroatoms. The summed E-state index contributed by atoms with van der Waals surface area (Å²) in [6.07, 6.45) is 1.25. The molecule has 132 valence electrons. The second-order valence-electron chi connectivity index (χ2n) is 6.91. The lowest BCUT2D eigenvalue weighted by Gasteiger charge is -2.21. The first kappa shape index (κ1) is 18.5. The third-order valence-electron chi connectivity index (χ3n) is 4.46. The van der Waals surface area contributed by atoms with Crippen LogP contribution >= 0.6 is 0 Å². The van der Waals surface area contributed by atoms with Gasteiger partial charge in [-0.05, 0) is 39.4 Å². The zero-order chi connectivity index (χ0) is 17.5. The highest BCUT2D eigenvalue weighted by molar-refractivity contribution is 5.89. The summed E-state index contributed by atoms with van der Waals surface area (Å²) in [4.78, 5) is 28.1. The summed E-state index contributed by atoms with van der Waals surface area (Å²) in [5, 5.41) is 2.98. The van der Waals surface area contributed by atoms with Gasteiger partial charge in [-0.15, -0.1) is 0 Å². The van der Waals surface area contributed by atoms with Crippen molar-refractivity contribution in [3.8, 4) is 0 Å². The molecule has 2 rings (SSSR count). The fraction of sp³-hybridized carbons (Fsp3) is 0.579. The number of carbonyl (C=O) groups excluding carboxylic acids is 2. The summed E-state index contributed by atoms with van der Waals surface area (Å²) < 4.78 is 0. The van der Waals surface area contributed by atoms with Gasteiger partial charge in [0.2, 0.25) is 11.8 Å². The van der Waals surface area contributed by atoms with Crippen molar-refractivity contribution in [2.45, 2.75) is 39.3 Å². The Balaban J connectivity index is 1.64. The number of hydrogen-bond donors (Lipinski definition) is 1. The van der Waals surface area contributed by atoms with Gasteiger partial charge in [-0.25, -0.2) is 0 Å². The predicted octanol–water partition coefficient (Wildman–Crippen LogP) is 1.88. The van der Waals surface area contributed by atoms with Gasteiger partial charge in [0.25, 0.3) is 0 Å². The van der Waals surface area contributed by atoms with Crippen molar-refractivity contribution in [3.63, 3.8) is 0 Å². The van der Waals surface area contributed by atoms with Crippen LogP contribution in [-0.4, -0.2) is 54.3 Å². The van der Waals surface area contributed by atoms with Crippen LogP contribution < -0.4 is 5.32 Å². The van der Waals surface area contributed by atoms with E-state index in [1.807, 2.05) is 32.0 Å². The number of benzene rings is 1. The van der Waals surface area contributed by atoms with Crippen molar-refractivity contribution < 1.29 is 9.59 Å². The molecule has 1 aromatic rings. The van der Waals surface area contributed by atoms with Gasteiger partial charge in [0, 0.05) is 32.1 Å². The molecule has 0 radical (unpaired) electrons. The predicted molar refractivity (Wildman–Crippen MR) is 95.4 cm³/mol. The van der Waals surface area contributed by atoms with Crippen molar-refractivity contribution in [2.75, 3.05) is 26.7 Å². The molecule has 24 heavy (non-hydrogen) atoms. The van der Waals surface area contributed by atoms with Gasteiger partial charge in [-0.1, -0.05) is 30.3 Å². The van der Waals surface area contributed by atoms with E-state index in [-0.39, 0.29) is 23.8 Å². The van der Waals surface area contributed by atoms with Crippen molar-refractivity contribution in [1.82, 2.24) is 15.1 Å². The minimum absolute atomic E-state index is 0.0113. The minimum Gasteiger partial charge on any atom is -0.356 e. The Morgan fingerprint density at radius 3 is 2.67 bits per heavy atom. The van der Waals surface area contributed by atoms with Crippen molar-refractivity contribution in [3.05, 3.63) is 35.9 Å². The maximum Gasteiger partial charge on any atom is 0.225 e. The Kier molecular flexibility index (Phi) is 6.79. The smallest absolute Gasteiger partial charge is 0.225 e. The quantitative estimate of drug-likeness (QED) is 0.740. The van der Waals surface area contributed by atoms with Crippen LogP contribution in [0.3, 0.4) is 0 Å². The number of nitrogens with one attached hydrogen (secondary N) is 1. The molecule has 1 unspecified atom stereocenters. The minimum atomic E-state index is -0.193. The van der Waals surface area contributed by atoms with Crippen LogP contribution in [0, 0.1) is 5.92 Å². The van der Waals surface area contributed by atoms with Gasteiger partial charge in [0.15, 0.2) is 0 Å². The van der Waals surface area contributed by atoms with E-state index < -0.39 is 0 Å². The average Bonchev–Trinajstić information content (AvgIpc) is 2.94. The number of likely N-dealkylation sites (tertiary alicyclic amines) is 1. The van der Waals surface area contributed by atoms with Gasteiger partial charge < -0.3 is 15.1 Å². The average molecular weight is 331 g/mol. The highest BCUT2D eigenvalue weighted by Gasteiger charge is 2.35. The molecule has 0 saturated carbocycles. The van der Waals surface area contributed by atoms with E-state index in [4.69, 9.17) is 0 Å². The first-order chi connectivity index (χ1) is 11.5. The van der Waals surface area contributed by atoms with Crippen LogP contribution in [0.1, 0.15) is 32.3 Å². The molecule has 0 spiro atoms. The van der Waals surface area contributed by atoms with Gasteiger partial charge in [-0.2, -0.15) is 0 Å². The number of amides is 2. The maximum absolute atomic E-state index is 12.2. The highest BCUT2D eigenvalue weighted by Crippen LogP contribution is 2.20. The molecule has 1 saturated heterocycles. The van der Waals surface area contributed by atoms with E-state index in [0.717, 1.165) is 19.5 Å². The second-order valence-corrected chi connectivity index (χ2v) is 6.91. The monoisotopic (exact) mass is 331 g/mol. The number of hydrogen-bond acceptors (Lipinski definition) is 3. The van der Waals surface area contributed by atoms with Gasteiger partial charge in [-0.3, -0.25) is 9.59 Å². The van der Waals surface area contributed by atoms with E-state index in [9.17, 15) is 9.59 Å². The number of nitrogens with zero attached hydrogens (tertiary/aromatic N) is 2. The Bertz CT molecular complexity index is 545. The maximum atomic E-state index is 12.2. The van der Waals surface area contributed by atoms with Crippen LogP contribution in [-0.2, 0) is 16.1 Å². The first-order valence-electron chi connectivity index (χ1n) is 8.77. The first-order valence-corrected chi connectivity index (χ1v) is 8.77. The van der Waals surface area contributed by atoms with Crippen LogP contribution in [0.15, 0.2) is 30.3 Å². The van der Waals surface area contributed by atoms with Crippen LogP contribution in [0.5, 0.6) is 0 Å². The second kappa shape index (κ2) is 8.83. The Morgan fingerprint density at radius 1 is 1.33 bits per heavy atom. The zero-order valence-electron chi connectivity index (χ0n) is 15.0. The molecular weight excluding hydrogens is 302 g/mol. The van der Waals surface area contributed by atoms with Crippen LogP contribution in [0.25, 0.3) is 0 Å². The molecule has 1 N–H and O–H groups in total. The molecule has 1 aromatic carbocycles. The molecule has 1 atom stereocenters. The van der Waals surface area contributed by atoms with Crippen molar-refractivity contribution in [1.29, 1.82) is 0 Å². The Morgan fingerprint density at radius 2 is 2.04 bits per heavy atom. The fourth-order valence-corrected chi connectivity index (χ4v) is 3.09. The van der Waals surface area contributed by atoms with Crippen LogP contribution in [0.2, 0.25) is 0 Å². The lowest BCUT2D eigenvalue weighted by molar-refractivity contribution is -0.129. The lowest BCUT2D eigenvalue weighted by Crippen LogP contribution is -2.36. The van der Waals surface area contributed by atoms with E-state index in [1.165, 1.54) is 5.56 Å². The number of carbonyl (C=O) groups is 2. The molecule has 5 nitrogen and oxygen atoms in total. The lowest BCUT2D eigenvalue weighted by atomic mass is 10.1. The summed E-state index contributed by atoms with van der Waals surface area (Å²) >= 11 is 0. The largest absolute Gasteiger partial charge is 0.356 e. The number of rotatable bonds is 8. The summed E-state index contributed by atoms with van der Waals surface area (Å²) in [6, 6.07) is 10.5. The molecular formula is C19H29N3O2. The molecule has 0 aliphatic carbocycles. The fourth-order valence-electron chi connectivity index (χ4n) is 3.09. The normalized spacial score (nSPS) is 17.8. The standard InChI is InChI=1S/C19H29N3O2/c1-15(2)22-14-17(12-18(22)23)19(24)20-10-7-11-21(3)13-16-8-5-4-6-9-16/h4-6,8-9,15,17H,7,10-14H2,1-3H3,(H,20,24). The molecule has 1 heterocycles. The molecule has 1 fully saturated rings. The Hall–Kier alpha value is -1.88. The summed E-state index contributed by atoms with van der Waals surface area (Å²) in [6.45, 7) is 7.02. The van der Waals surface area contributed by atoms with Crippen molar-refractivity contribution in [2.24, 2.45) is 5.92 Å².